The van der Waals surface area contributed by atoms with Crippen molar-refractivity contribution in [2.75, 3.05) is 0 Å². The molecule has 0 spiro atoms. The molecule has 31 heavy (non-hydrogen) atoms. The minimum absolute atomic E-state index is 0. The first-order valence-electron chi connectivity index (χ1n) is 9.23. The average Bonchev–Trinajstić information content (AvgIpc) is 3.20. The summed E-state index contributed by atoms with van der Waals surface area (Å²) in [4.78, 5) is 12.0. The van der Waals surface area contributed by atoms with E-state index in [0.717, 1.165) is 11.8 Å². The van der Waals surface area contributed by atoms with Crippen LogP contribution >= 0.6 is 24.0 Å². The van der Waals surface area contributed by atoms with Crippen molar-refractivity contribution < 1.29 is 13.2 Å². The van der Waals surface area contributed by atoms with Gasteiger partial charge in [0.25, 0.3) is 0 Å². The van der Waals surface area contributed by atoms with Crippen LogP contribution in [0, 0.1) is 0 Å². The number of H-pyrrole nitrogens is 1. The van der Waals surface area contributed by atoms with Gasteiger partial charge in [-0.25, -0.2) is 9.97 Å². The highest BCUT2D eigenvalue weighted by molar-refractivity contribution is 6.33. The van der Waals surface area contributed by atoms with Gasteiger partial charge in [-0.2, -0.15) is 18.3 Å². The number of benzene rings is 1. The molecule has 4 aromatic rings. The summed E-state index contributed by atoms with van der Waals surface area (Å²) in [7, 11) is 1.77. The zero-order valence-electron chi connectivity index (χ0n) is 17.2. The van der Waals surface area contributed by atoms with E-state index in [0.29, 0.717) is 27.7 Å². The highest BCUT2D eigenvalue weighted by atomic mass is 35.5. The average molecular weight is 470 g/mol. The maximum atomic E-state index is 13.4. The van der Waals surface area contributed by atoms with Crippen molar-refractivity contribution in [3.63, 3.8) is 0 Å². The van der Waals surface area contributed by atoms with E-state index < -0.39 is 11.7 Å². The zero-order valence-corrected chi connectivity index (χ0v) is 18.7. The minimum atomic E-state index is -4.48. The number of aryl methyl sites for hydroxylation is 1. The molecule has 1 N–H and O–H groups in total. The molecule has 0 unspecified atom stereocenters. The van der Waals surface area contributed by atoms with Crippen LogP contribution in [-0.2, 0) is 18.6 Å². The summed E-state index contributed by atoms with van der Waals surface area (Å²) < 4.78 is 41.8. The third-order valence-corrected chi connectivity index (χ3v) is 5.14. The topological polar surface area (TPSA) is 59.4 Å². The maximum Gasteiger partial charge on any atom is 0.417 e. The molecule has 0 saturated heterocycles. The zero-order chi connectivity index (χ0) is 21.8. The van der Waals surface area contributed by atoms with Gasteiger partial charge in [-0.1, -0.05) is 50.6 Å². The summed E-state index contributed by atoms with van der Waals surface area (Å²) in [6.45, 7) is 6.03. The lowest BCUT2D eigenvalue weighted by Crippen LogP contribution is -2.12. The monoisotopic (exact) mass is 469 g/mol. The molecule has 5 nitrogen and oxygen atoms in total. The summed E-state index contributed by atoms with van der Waals surface area (Å²) >= 11 is 6.59. The number of alkyl halides is 3. The van der Waals surface area contributed by atoms with Crippen molar-refractivity contribution in [2.24, 2.45) is 7.05 Å². The second-order valence-electron chi connectivity index (χ2n) is 8.08. The van der Waals surface area contributed by atoms with E-state index in [1.165, 1.54) is 12.1 Å². The predicted octanol–water partition coefficient (Wildman–Crippen LogP) is 6.42. The molecule has 4 rings (SSSR count). The highest BCUT2D eigenvalue weighted by Gasteiger charge is 2.34. The fourth-order valence-electron chi connectivity index (χ4n) is 3.34. The van der Waals surface area contributed by atoms with Crippen LogP contribution in [0.1, 0.15) is 32.0 Å². The highest BCUT2D eigenvalue weighted by Crippen LogP contribution is 2.38. The standard InChI is InChI=1S/C21H19ClF3N5.ClH/c1-20(2,3)17-15(22)16(30(4)29-17)19-27-14-10-9-13(26-18(14)28-19)11-7-5-6-8-12(11)21(23,24)25;/h5-10H,1-4H3,(H,26,27,28);1H. The number of hydrogen-bond donors (Lipinski definition) is 1. The van der Waals surface area contributed by atoms with E-state index in [1.807, 2.05) is 20.8 Å². The normalized spacial score (nSPS) is 12.3. The number of rotatable bonds is 2. The number of nitrogens with zero attached hydrogens (tertiary/aromatic N) is 4. The quantitative estimate of drug-likeness (QED) is 0.368. The number of aromatic amines is 1. The van der Waals surface area contributed by atoms with Crippen LogP contribution in [0.2, 0.25) is 5.02 Å². The predicted molar refractivity (Wildman–Crippen MR) is 117 cm³/mol. The SMILES string of the molecule is Cl.Cn1nc(C(C)(C)C)c(Cl)c1-c1nc2nc(-c3ccccc3C(F)(F)F)ccc2[nH]1. The Balaban J connectivity index is 0.00000272. The molecule has 0 aliphatic heterocycles. The molecule has 0 fully saturated rings. The molecular weight excluding hydrogens is 450 g/mol. The molecule has 0 aliphatic rings. The van der Waals surface area contributed by atoms with Crippen LogP contribution in [-0.4, -0.2) is 24.7 Å². The maximum absolute atomic E-state index is 13.4. The van der Waals surface area contributed by atoms with Crippen LogP contribution < -0.4 is 0 Å². The molecule has 10 heteroatoms. The molecule has 164 valence electrons. The molecule has 3 aromatic heterocycles. The van der Waals surface area contributed by atoms with Crippen molar-refractivity contribution in [2.45, 2.75) is 32.4 Å². The van der Waals surface area contributed by atoms with E-state index in [2.05, 4.69) is 20.1 Å². The van der Waals surface area contributed by atoms with E-state index in [9.17, 15) is 13.2 Å². The van der Waals surface area contributed by atoms with Crippen molar-refractivity contribution in [3.05, 3.63) is 52.7 Å². The van der Waals surface area contributed by atoms with E-state index in [-0.39, 0.29) is 29.1 Å². The molecule has 0 radical (unpaired) electrons. The van der Waals surface area contributed by atoms with E-state index >= 15 is 0 Å². The van der Waals surface area contributed by atoms with Gasteiger partial charge in [0.15, 0.2) is 11.5 Å². The second kappa shape index (κ2) is 7.84. The molecule has 0 aliphatic carbocycles. The van der Waals surface area contributed by atoms with Crippen LogP contribution in [0.3, 0.4) is 0 Å². The van der Waals surface area contributed by atoms with Gasteiger partial charge >= 0.3 is 6.18 Å². The third kappa shape index (κ3) is 4.14. The van der Waals surface area contributed by atoms with Gasteiger partial charge in [0, 0.05) is 18.0 Å². The van der Waals surface area contributed by atoms with E-state index in [4.69, 9.17) is 11.6 Å². The van der Waals surface area contributed by atoms with Gasteiger partial charge in [0.1, 0.15) is 5.69 Å². The number of aromatic nitrogens is 5. The third-order valence-electron chi connectivity index (χ3n) is 4.78. The Morgan fingerprint density at radius 1 is 1.00 bits per heavy atom. The van der Waals surface area contributed by atoms with E-state index in [1.54, 1.807) is 29.9 Å². The Morgan fingerprint density at radius 3 is 2.29 bits per heavy atom. The fraction of sp³-hybridized carbons (Fsp3) is 0.286. The Morgan fingerprint density at radius 2 is 1.68 bits per heavy atom. The van der Waals surface area contributed by atoms with Gasteiger partial charge in [0.05, 0.1) is 27.5 Å². The molecule has 0 bridgehead atoms. The van der Waals surface area contributed by atoms with Crippen LogP contribution in [0.15, 0.2) is 36.4 Å². The lowest BCUT2D eigenvalue weighted by molar-refractivity contribution is -0.137. The van der Waals surface area contributed by atoms with Gasteiger partial charge in [0.2, 0.25) is 0 Å². The van der Waals surface area contributed by atoms with Crippen molar-refractivity contribution in [1.29, 1.82) is 0 Å². The Kier molecular flexibility index (Phi) is 5.84. The first-order chi connectivity index (χ1) is 14.0. The number of pyridine rings is 1. The van der Waals surface area contributed by atoms with Gasteiger partial charge in [-0.15, -0.1) is 12.4 Å². The first kappa shape index (κ1) is 23.1. The fourth-order valence-corrected chi connectivity index (χ4v) is 3.88. The summed E-state index contributed by atoms with van der Waals surface area (Å²) in [6, 6.07) is 8.56. The second-order valence-corrected chi connectivity index (χ2v) is 8.46. The lowest BCUT2D eigenvalue weighted by Gasteiger charge is -2.15. The number of nitrogens with one attached hydrogen (secondary N) is 1. The molecule has 3 heterocycles. The molecule has 1 aromatic carbocycles. The Bertz CT molecular complexity index is 1250. The van der Waals surface area contributed by atoms with Gasteiger partial charge < -0.3 is 4.98 Å². The van der Waals surface area contributed by atoms with Gasteiger partial charge in [-0.3, -0.25) is 4.68 Å². The molecule has 0 amide bonds. The van der Waals surface area contributed by atoms with Crippen molar-refractivity contribution in [1.82, 2.24) is 24.7 Å². The molecule has 0 atom stereocenters. The summed E-state index contributed by atoms with van der Waals surface area (Å²) in [6.07, 6.45) is -4.48. The number of imidazole rings is 1. The number of hydrogen-bond acceptors (Lipinski definition) is 3. The Hall–Kier alpha value is -2.58. The number of halogens is 5. The van der Waals surface area contributed by atoms with Crippen molar-refractivity contribution >= 4 is 35.2 Å². The number of fused-ring (bicyclic) bond motifs is 1. The summed E-state index contributed by atoms with van der Waals surface area (Å²) in [5, 5.41) is 4.99. The first-order valence-corrected chi connectivity index (χ1v) is 9.61. The minimum Gasteiger partial charge on any atom is -0.335 e. The van der Waals surface area contributed by atoms with Gasteiger partial charge in [-0.05, 0) is 18.2 Å². The van der Waals surface area contributed by atoms with Crippen molar-refractivity contribution in [3.8, 4) is 22.8 Å². The molecule has 0 saturated carbocycles. The smallest absolute Gasteiger partial charge is 0.335 e. The summed E-state index contributed by atoms with van der Waals surface area (Å²) in [5.41, 5.74) is 1.42. The summed E-state index contributed by atoms with van der Waals surface area (Å²) in [5.74, 6) is 0.453. The Labute approximate surface area is 188 Å². The largest absolute Gasteiger partial charge is 0.417 e. The van der Waals surface area contributed by atoms with Crippen LogP contribution in [0.4, 0.5) is 13.2 Å². The lowest BCUT2D eigenvalue weighted by atomic mass is 9.92. The van der Waals surface area contributed by atoms with Crippen LogP contribution in [0.25, 0.3) is 33.9 Å². The molecular formula is C21H20Cl2F3N5. The van der Waals surface area contributed by atoms with Crippen LogP contribution in [0.5, 0.6) is 0 Å².